The van der Waals surface area contributed by atoms with E-state index in [0.29, 0.717) is 23.0 Å². The minimum absolute atomic E-state index is 0.224. The van der Waals surface area contributed by atoms with E-state index in [2.05, 4.69) is 15.3 Å². The van der Waals surface area contributed by atoms with E-state index in [0.717, 1.165) is 5.56 Å². The van der Waals surface area contributed by atoms with Gasteiger partial charge in [0.2, 0.25) is 5.95 Å². The van der Waals surface area contributed by atoms with Gasteiger partial charge in [0.25, 0.3) is 0 Å². The van der Waals surface area contributed by atoms with E-state index in [4.69, 9.17) is 10.8 Å². The zero-order valence-corrected chi connectivity index (χ0v) is 12.1. The Morgan fingerprint density at radius 3 is 2.48 bits per heavy atom. The van der Waals surface area contributed by atoms with E-state index in [1.54, 1.807) is 24.4 Å². The molecule has 23 heavy (non-hydrogen) atoms. The van der Waals surface area contributed by atoms with Crippen LogP contribution in [0.15, 0.2) is 60.8 Å². The maximum absolute atomic E-state index is 10.8. The lowest BCUT2D eigenvalue weighted by molar-refractivity contribution is 0.0697. The number of nitrogens with two attached hydrogens (primary N) is 1. The summed E-state index contributed by atoms with van der Waals surface area (Å²) in [5, 5.41) is 11.9. The number of nitrogen functional groups attached to an aromatic ring is 1. The van der Waals surface area contributed by atoms with Crippen LogP contribution >= 0.6 is 0 Å². The standard InChI is InChI=1S/C17H14N4O2/c18-14-4-2-1-3-13(14)15-9-10-19-17(21-15)20-12-7-5-11(6-8-12)16(22)23/h1-10H,18H2,(H,22,23)(H,19,20,21). The second-order valence-electron chi connectivity index (χ2n) is 4.86. The summed E-state index contributed by atoms with van der Waals surface area (Å²) in [6.45, 7) is 0. The van der Waals surface area contributed by atoms with Crippen LogP contribution in [0.5, 0.6) is 0 Å². The molecule has 0 saturated carbocycles. The summed E-state index contributed by atoms with van der Waals surface area (Å²) in [7, 11) is 0. The zero-order chi connectivity index (χ0) is 16.2. The Morgan fingerprint density at radius 2 is 1.78 bits per heavy atom. The fourth-order valence-electron chi connectivity index (χ4n) is 2.12. The van der Waals surface area contributed by atoms with Gasteiger partial charge in [-0.3, -0.25) is 0 Å². The maximum Gasteiger partial charge on any atom is 0.335 e. The van der Waals surface area contributed by atoms with Crippen molar-refractivity contribution in [3.63, 3.8) is 0 Å². The molecule has 4 N–H and O–H groups in total. The van der Waals surface area contributed by atoms with Crippen LogP contribution in [0, 0.1) is 0 Å². The number of anilines is 3. The van der Waals surface area contributed by atoms with E-state index >= 15 is 0 Å². The predicted molar refractivity (Wildman–Crippen MR) is 88.6 cm³/mol. The van der Waals surface area contributed by atoms with Crippen LogP contribution in [0.1, 0.15) is 10.4 Å². The number of carboxylic acid groups (broad SMARTS) is 1. The summed E-state index contributed by atoms with van der Waals surface area (Å²) in [6, 6.07) is 15.6. The van der Waals surface area contributed by atoms with Gasteiger partial charge < -0.3 is 16.2 Å². The summed E-state index contributed by atoms with van der Waals surface area (Å²) < 4.78 is 0. The minimum atomic E-state index is -0.964. The third-order valence-electron chi connectivity index (χ3n) is 3.28. The number of benzene rings is 2. The largest absolute Gasteiger partial charge is 0.478 e. The number of hydrogen-bond donors (Lipinski definition) is 3. The zero-order valence-electron chi connectivity index (χ0n) is 12.1. The van der Waals surface area contributed by atoms with Crippen molar-refractivity contribution >= 4 is 23.3 Å². The lowest BCUT2D eigenvalue weighted by Crippen LogP contribution is -2.00. The molecule has 0 aliphatic carbocycles. The molecule has 0 aliphatic rings. The molecule has 0 atom stereocenters. The minimum Gasteiger partial charge on any atom is -0.478 e. The molecule has 0 aliphatic heterocycles. The normalized spacial score (nSPS) is 10.3. The van der Waals surface area contributed by atoms with E-state index < -0.39 is 5.97 Å². The van der Waals surface area contributed by atoms with Gasteiger partial charge >= 0.3 is 5.97 Å². The Bertz CT molecular complexity index is 847. The highest BCUT2D eigenvalue weighted by molar-refractivity contribution is 5.88. The molecular formula is C17H14N4O2. The van der Waals surface area contributed by atoms with Gasteiger partial charge in [-0.15, -0.1) is 0 Å². The Labute approximate surface area is 132 Å². The molecule has 0 amide bonds. The Morgan fingerprint density at radius 1 is 1.04 bits per heavy atom. The van der Waals surface area contributed by atoms with Crippen LogP contribution in [0.25, 0.3) is 11.3 Å². The SMILES string of the molecule is Nc1ccccc1-c1ccnc(Nc2ccc(C(=O)O)cc2)n1. The van der Waals surface area contributed by atoms with E-state index in [1.165, 1.54) is 12.1 Å². The number of rotatable bonds is 4. The Balaban J connectivity index is 1.86. The van der Waals surface area contributed by atoms with Crippen LogP contribution in [-0.2, 0) is 0 Å². The summed E-state index contributed by atoms with van der Waals surface area (Å²) in [5.41, 5.74) is 9.08. The first-order chi connectivity index (χ1) is 11.1. The molecule has 1 aromatic heterocycles. The molecule has 0 fully saturated rings. The van der Waals surface area contributed by atoms with Gasteiger partial charge in [-0.2, -0.15) is 0 Å². The number of nitrogens with zero attached hydrogens (tertiary/aromatic N) is 2. The van der Waals surface area contributed by atoms with E-state index in [-0.39, 0.29) is 5.56 Å². The second-order valence-corrected chi connectivity index (χ2v) is 4.86. The monoisotopic (exact) mass is 306 g/mol. The Hall–Kier alpha value is -3.41. The van der Waals surface area contributed by atoms with Gasteiger partial charge in [-0.1, -0.05) is 18.2 Å². The number of aromatic nitrogens is 2. The average Bonchev–Trinajstić information content (AvgIpc) is 2.56. The fraction of sp³-hybridized carbons (Fsp3) is 0. The van der Waals surface area contributed by atoms with Gasteiger partial charge in [0, 0.05) is 23.1 Å². The second kappa shape index (κ2) is 6.15. The predicted octanol–water partition coefficient (Wildman–Crippen LogP) is 3.17. The number of nitrogens with one attached hydrogen (secondary N) is 1. The van der Waals surface area contributed by atoms with Gasteiger partial charge in [0.1, 0.15) is 0 Å². The van der Waals surface area contributed by atoms with Gasteiger partial charge in [-0.25, -0.2) is 14.8 Å². The van der Waals surface area contributed by atoms with Crippen molar-refractivity contribution < 1.29 is 9.90 Å². The molecule has 6 nitrogen and oxygen atoms in total. The van der Waals surface area contributed by atoms with Crippen molar-refractivity contribution in [3.05, 3.63) is 66.4 Å². The van der Waals surface area contributed by atoms with Crippen molar-refractivity contribution in [1.82, 2.24) is 9.97 Å². The third kappa shape index (κ3) is 3.26. The van der Waals surface area contributed by atoms with Crippen molar-refractivity contribution in [3.8, 4) is 11.3 Å². The molecule has 0 bridgehead atoms. The summed E-state index contributed by atoms with van der Waals surface area (Å²) in [5.74, 6) is -0.553. The highest BCUT2D eigenvalue weighted by Gasteiger charge is 2.06. The Kier molecular flexibility index (Phi) is 3.88. The summed E-state index contributed by atoms with van der Waals surface area (Å²) in [4.78, 5) is 19.5. The molecular weight excluding hydrogens is 292 g/mol. The lowest BCUT2D eigenvalue weighted by Gasteiger charge is -2.08. The highest BCUT2D eigenvalue weighted by Crippen LogP contribution is 2.24. The summed E-state index contributed by atoms with van der Waals surface area (Å²) in [6.07, 6.45) is 1.64. The smallest absolute Gasteiger partial charge is 0.335 e. The molecule has 114 valence electrons. The lowest BCUT2D eigenvalue weighted by atomic mass is 10.1. The van der Waals surface area contributed by atoms with Gasteiger partial charge in [0.15, 0.2) is 0 Å². The molecule has 6 heteroatoms. The van der Waals surface area contributed by atoms with Crippen LogP contribution in [0.2, 0.25) is 0 Å². The number of aromatic carboxylic acids is 1. The molecule has 2 aromatic carbocycles. The van der Waals surface area contributed by atoms with Crippen LogP contribution in [0.4, 0.5) is 17.3 Å². The molecule has 3 aromatic rings. The fourth-order valence-corrected chi connectivity index (χ4v) is 2.12. The molecule has 0 saturated heterocycles. The molecule has 0 radical (unpaired) electrons. The maximum atomic E-state index is 10.8. The quantitative estimate of drug-likeness (QED) is 0.640. The molecule has 1 heterocycles. The molecule has 3 rings (SSSR count). The first kappa shape index (κ1) is 14.5. The van der Waals surface area contributed by atoms with Gasteiger partial charge in [0.05, 0.1) is 11.3 Å². The number of carboxylic acids is 1. The number of hydrogen-bond acceptors (Lipinski definition) is 5. The molecule has 0 spiro atoms. The van der Waals surface area contributed by atoms with Crippen molar-refractivity contribution in [1.29, 1.82) is 0 Å². The van der Waals surface area contributed by atoms with Crippen molar-refractivity contribution in [2.75, 3.05) is 11.1 Å². The van der Waals surface area contributed by atoms with Crippen LogP contribution < -0.4 is 11.1 Å². The topological polar surface area (TPSA) is 101 Å². The van der Waals surface area contributed by atoms with Crippen LogP contribution in [-0.4, -0.2) is 21.0 Å². The average molecular weight is 306 g/mol. The first-order valence-corrected chi connectivity index (χ1v) is 6.92. The number of para-hydroxylation sites is 1. The first-order valence-electron chi connectivity index (χ1n) is 6.92. The van der Waals surface area contributed by atoms with E-state index in [9.17, 15) is 4.79 Å². The van der Waals surface area contributed by atoms with Gasteiger partial charge in [-0.05, 0) is 36.4 Å². The van der Waals surface area contributed by atoms with E-state index in [1.807, 2.05) is 24.3 Å². The van der Waals surface area contributed by atoms with Crippen molar-refractivity contribution in [2.24, 2.45) is 0 Å². The third-order valence-corrected chi connectivity index (χ3v) is 3.28. The van der Waals surface area contributed by atoms with Crippen LogP contribution in [0.3, 0.4) is 0 Å². The highest BCUT2D eigenvalue weighted by atomic mass is 16.4. The summed E-state index contributed by atoms with van der Waals surface area (Å²) >= 11 is 0. The molecule has 0 unspecified atom stereocenters. The van der Waals surface area contributed by atoms with Crippen molar-refractivity contribution in [2.45, 2.75) is 0 Å². The number of carbonyl (C=O) groups is 1.